The monoisotopic (exact) mass is 231 g/mol. The lowest BCUT2D eigenvalue weighted by molar-refractivity contribution is -0.110. The molecule has 4 heteroatoms. The normalized spacial score (nSPS) is 18.5. The van der Waals surface area contributed by atoms with Gasteiger partial charge in [-0.2, -0.15) is 0 Å². The summed E-state index contributed by atoms with van der Waals surface area (Å²) in [7, 11) is 0. The predicted octanol–water partition coefficient (Wildman–Crippen LogP) is 1.63. The Labute approximate surface area is 101 Å². The first-order chi connectivity index (χ1) is 8.08. The lowest BCUT2D eigenvalue weighted by atomic mass is 10.1. The smallest absolute Gasteiger partial charge is 0.290 e. The number of nitrogens with one attached hydrogen (secondary N) is 2. The molecule has 1 atom stereocenters. The number of amidine groups is 1. The third-order valence-electron chi connectivity index (χ3n) is 2.97. The number of carbonyl (C=O) groups excluding carboxylic acids is 1. The summed E-state index contributed by atoms with van der Waals surface area (Å²) < 4.78 is 0. The van der Waals surface area contributed by atoms with Crippen LogP contribution in [-0.4, -0.2) is 24.3 Å². The summed E-state index contributed by atoms with van der Waals surface area (Å²) in [5.41, 5.74) is 3.10. The number of hydrogen-bond donors (Lipinski definition) is 2. The Hall–Kier alpha value is -1.84. The fraction of sp³-hybridized carbons (Fsp3) is 0.385. The van der Waals surface area contributed by atoms with Crippen LogP contribution in [0.5, 0.6) is 0 Å². The molecular formula is C13H17N3O. The summed E-state index contributed by atoms with van der Waals surface area (Å²) in [5, 5.41) is 5.93. The molecule has 1 amide bonds. The minimum atomic E-state index is -0.164. The van der Waals surface area contributed by atoms with Crippen molar-refractivity contribution in [2.75, 3.05) is 11.9 Å². The van der Waals surface area contributed by atoms with Gasteiger partial charge in [-0.25, -0.2) is 0 Å². The quantitative estimate of drug-likeness (QED) is 0.813. The summed E-state index contributed by atoms with van der Waals surface area (Å²) in [5.74, 6) is 0.265. The van der Waals surface area contributed by atoms with E-state index in [0.717, 1.165) is 16.8 Å². The van der Waals surface area contributed by atoms with Gasteiger partial charge in [0.05, 0.1) is 6.54 Å². The number of aryl methyl sites for hydroxylation is 1. The largest absolute Gasteiger partial charge is 0.361 e. The molecule has 0 saturated carbocycles. The Balaban J connectivity index is 2.11. The van der Waals surface area contributed by atoms with Gasteiger partial charge in [-0.3, -0.25) is 9.79 Å². The van der Waals surface area contributed by atoms with Crippen molar-refractivity contribution in [2.45, 2.75) is 26.8 Å². The van der Waals surface area contributed by atoms with Crippen LogP contribution in [0, 0.1) is 13.8 Å². The highest BCUT2D eigenvalue weighted by atomic mass is 16.2. The molecule has 0 aromatic heterocycles. The van der Waals surface area contributed by atoms with Crippen molar-refractivity contribution in [3.05, 3.63) is 29.3 Å². The second-order valence-corrected chi connectivity index (χ2v) is 4.44. The zero-order valence-electron chi connectivity index (χ0n) is 10.4. The van der Waals surface area contributed by atoms with Crippen molar-refractivity contribution in [1.82, 2.24) is 5.32 Å². The third-order valence-corrected chi connectivity index (χ3v) is 2.97. The molecule has 1 aromatic carbocycles. The highest BCUT2D eigenvalue weighted by Gasteiger charge is 2.19. The summed E-state index contributed by atoms with van der Waals surface area (Å²) in [6.07, 6.45) is 0. The molecule has 4 nitrogen and oxygen atoms in total. The minimum absolute atomic E-state index is 0.164. The van der Waals surface area contributed by atoms with Gasteiger partial charge in [-0.05, 0) is 38.0 Å². The van der Waals surface area contributed by atoms with E-state index < -0.39 is 0 Å². The molecule has 0 saturated heterocycles. The average molecular weight is 231 g/mol. The fourth-order valence-corrected chi connectivity index (χ4v) is 1.76. The van der Waals surface area contributed by atoms with Crippen LogP contribution >= 0.6 is 0 Å². The number of aliphatic imine (C=N–C) groups is 1. The van der Waals surface area contributed by atoms with Crippen LogP contribution in [-0.2, 0) is 4.79 Å². The van der Waals surface area contributed by atoms with Crippen LogP contribution < -0.4 is 10.6 Å². The van der Waals surface area contributed by atoms with Gasteiger partial charge in [0.15, 0.2) is 5.84 Å². The van der Waals surface area contributed by atoms with Gasteiger partial charge in [0.1, 0.15) is 0 Å². The highest BCUT2D eigenvalue weighted by Crippen LogP contribution is 2.17. The Morgan fingerprint density at radius 3 is 2.88 bits per heavy atom. The number of carbonyl (C=O) groups is 1. The average Bonchev–Trinajstić information content (AvgIpc) is 2.72. The summed E-state index contributed by atoms with van der Waals surface area (Å²) in [6.45, 7) is 6.69. The number of benzene rings is 1. The van der Waals surface area contributed by atoms with E-state index in [4.69, 9.17) is 0 Å². The third kappa shape index (κ3) is 2.46. The molecule has 0 radical (unpaired) electrons. The summed E-state index contributed by atoms with van der Waals surface area (Å²) >= 11 is 0. The Bertz CT molecular complexity index is 480. The molecule has 17 heavy (non-hydrogen) atoms. The SMILES string of the molecule is Cc1cccc(NC(=O)C2=NCC(C)N2)c1C. The fourth-order valence-electron chi connectivity index (χ4n) is 1.76. The van der Waals surface area contributed by atoms with Crippen molar-refractivity contribution < 1.29 is 4.79 Å². The maximum Gasteiger partial charge on any atom is 0.290 e. The standard InChI is InChI=1S/C13H17N3O/c1-8-5-4-6-11(10(8)3)16-13(17)12-14-7-9(2)15-12/h4-6,9H,7H2,1-3H3,(H,14,15)(H,16,17). The number of rotatable bonds is 2. The van der Waals surface area contributed by atoms with E-state index in [1.165, 1.54) is 0 Å². The number of nitrogens with zero attached hydrogens (tertiary/aromatic N) is 1. The van der Waals surface area contributed by atoms with E-state index in [-0.39, 0.29) is 11.9 Å². The van der Waals surface area contributed by atoms with Gasteiger partial charge in [0.25, 0.3) is 5.91 Å². The van der Waals surface area contributed by atoms with Crippen LogP contribution in [0.4, 0.5) is 5.69 Å². The molecule has 2 N–H and O–H groups in total. The van der Waals surface area contributed by atoms with Gasteiger partial charge in [-0.1, -0.05) is 12.1 Å². The van der Waals surface area contributed by atoms with Crippen LogP contribution in [0.25, 0.3) is 0 Å². The topological polar surface area (TPSA) is 53.5 Å². The van der Waals surface area contributed by atoms with E-state index in [1.807, 2.05) is 39.0 Å². The number of anilines is 1. The van der Waals surface area contributed by atoms with Crippen LogP contribution in [0.15, 0.2) is 23.2 Å². The Morgan fingerprint density at radius 2 is 2.24 bits per heavy atom. The molecule has 1 heterocycles. The molecular weight excluding hydrogens is 214 g/mol. The van der Waals surface area contributed by atoms with E-state index >= 15 is 0 Å². The van der Waals surface area contributed by atoms with Crippen molar-refractivity contribution >= 4 is 17.4 Å². The summed E-state index contributed by atoms with van der Waals surface area (Å²) in [4.78, 5) is 16.1. The Morgan fingerprint density at radius 1 is 1.47 bits per heavy atom. The molecule has 1 unspecified atom stereocenters. The van der Waals surface area contributed by atoms with E-state index in [0.29, 0.717) is 12.4 Å². The number of amides is 1. The zero-order valence-corrected chi connectivity index (χ0v) is 10.4. The number of hydrogen-bond acceptors (Lipinski definition) is 3. The molecule has 0 aliphatic carbocycles. The van der Waals surface area contributed by atoms with Crippen molar-refractivity contribution in [1.29, 1.82) is 0 Å². The Kier molecular flexibility index (Phi) is 3.13. The molecule has 1 aromatic rings. The minimum Gasteiger partial charge on any atom is -0.361 e. The molecule has 2 rings (SSSR count). The highest BCUT2D eigenvalue weighted by molar-refractivity contribution is 6.42. The van der Waals surface area contributed by atoms with E-state index in [2.05, 4.69) is 15.6 Å². The first-order valence-corrected chi connectivity index (χ1v) is 5.76. The first kappa shape index (κ1) is 11.6. The van der Waals surface area contributed by atoms with Crippen molar-refractivity contribution in [3.63, 3.8) is 0 Å². The van der Waals surface area contributed by atoms with Crippen molar-refractivity contribution in [2.24, 2.45) is 4.99 Å². The molecule has 0 spiro atoms. The van der Waals surface area contributed by atoms with Crippen molar-refractivity contribution in [3.8, 4) is 0 Å². The molecule has 1 aliphatic rings. The lowest BCUT2D eigenvalue weighted by Gasteiger charge is -2.11. The van der Waals surface area contributed by atoms with Gasteiger partial charge >= 0.3 is 0 Å². The van der Waals surface area contributed by atoms with Gasteiger partial charge < -0.3 is 10.6 Å². The van der Waals surface area contributed by atoms with Gasteiger partial charge in [-0.15, -0.1) is 0 Å². The van der Waals surface area contributed by atoms with Crippen LogP contribution in [0.3, 0.4) is 0 Å². The molecule has 0 fully saturated rings. The molecule has 1 aliphatic heterocycles. The second-order valence-electron chi connectivity index (χ2n) is 4.44. The predicted molar refractivity (Wildman–Crippen MR) is 69.4 cm³/mol. The summed E-state index contributed by atoms with van der Waals surface area (Å²) in [6, 6.07) is 6.11. The van der Waals surface area contributed by atoms with Crippen LogP contribution in [0.2, 0.25) is 0 Å². The maximum atomic E-state index is 11.9. The van der Waals surface area contributed by atoms with Gasteiger partial charge in [0, 0.05) is 11.7 Å². The van der Waals surface area contributed by atoms with E-state index in [1.54, 1.807) is 0 Å². The molecule has 0 bridgehead atoms. The maximum absolute atomic E-state index is 11.9. The first-order valence-electron chi connectivity index (χ1n) is 5.76. The lowest BCUT2D eigenvalue weighted by Crippen LogP contribution is -2.36. The van der Waals surface area contributed by atoms with Gasteiger partial charge in [0.2, 0.25) is 0 Å². The second kappa shape index (κ2) is 4.57. The van der Waals surface area contributed by atoms with Crippen LogP contribution in [0.1, 0.15) is 18.1 Å². The van der Waals surface area contributed by atoms with E-state index in [9.17, 15) is 4.79 Å². The zero-order chi connectivity index (χ0) is 12.4. The molecule has 90 valence electrons.